The van der Waals surface area contributed by atoms with E-state index in [9.17, 15) is 18.5 Å². The van der Waals surface area contributed by atoms with Crippen LogP contribution < -0.4 is 10.0 Å². The molecule has 1 aromatic rings. The molecule has 0 saturated carbocycles. The highest BCUT2D eigenvalue weighted by atomic mass is 35.5. The first-order valence-corrected chi connectivity index (χ1v) is 8.40. The monoisotopic (exact) mass is 369 g/mol. The fourth-order valence-electron chi connectivity index (χ4n) is 2.29. The van der Waals surface area contributed by atoms with E-state index in [1.54, 1.807) is 0 Å². The quantitative estimate of drug-likeness (QED) is 0.589. The van der Waals surface area contributed by atoms with Crippen LogP contribution in [0.5, 0.6) is 0 Å². The van der Waals surface area contributed by atoms with Gasteiger partial charge in [-0.1, -0.05) is 11.6 Å². The molecule has 0 aliphatic carbocycles. The van der Waals surface area contributed by atoms with Gasteiger partial charge in [0.25, 0.3) is 5.69 Å². The van der Waals surface area contributed by atoms with E-state index in [0.29, 0.717) is 12.3 Å². The van der Waals surface area contributed by atoms with Crippen molar-refractivity contribution < 1.29 is 13.3 Å². The van der Waals surface area contributed by atoms with E-state index < -0.39 is 25.5 Å². The number of nitro benzene ring substituents is 1. The molecule has 1 atom stereocenters. The van der Waals surface area contributed by atoms with Crippen molar-refractivity contribution in [1.82, 2.24) is 10.0 Å². The molecule has 22 heavy (non-hydrogen) atoms. The molecule has 1 aromatic carbocycles. The Hall–Kier alpha value is -0.930. The van der Waals surface area contributed by atoms with Crippen LogP contribution in [0.1, 0.15) is 12.8 Å². The van der Waals surface area contributed by atoms with Gasteiger partial charge in [0.1, 0.15) is 0 Å². The third-order valence-electron chi connectivity index (χ3n) is 3.42. The molecule has 124 valence electrons. The predicted octanol–water partition coefficient (Wildman–Crippen LogP) is 1.95. The Morgan fingerprint density at radius 1 is 1.45 bits per heavy atom. The molecule has 2 rings (SSSR count). The molecular formula is C12H17Cl2N3O4S. The third-order valence-corrected chi connectivity index (χ3v) is 5.14. The molecule has 1 aliphatic rings. The maximum atomic E-state index is 12.2. The minimum Gasteiger partial charge on any atom is -0.316 e. The Kier molecular flexibility index (Phi) is 7.01. The van der Waals surface area contributed by atoms with E-state index in [4.69, 9.17) is 11.6 Å². The third kappa shape index (κ3) is 4.79. The molecule has 2 N–H and O–H groups in total. The molecule has 10 heteroatoms. The zero-order valence-corrected chi connectivity index (χ0v) is 14.0. The first-order valence-electron chi connectivity index (χ1n) is 6.54. The second-order valence-electron chi connectivity index (χ2n) is 4.91. The maximum absolute atomic E-state index is 12.2. The summed E-state index contributed by atoms with van der Waals surface area (Å²) in [5.41, 5.74) is -0.477. The molecule has 7 nitrogen and oxygen atoms in total. The number of benzene rings is 1. The summed E-state index contributed by atoms with van der Waals surface area (Å²) in [6.07, 6.45) is 1.71. The topological polar surface area (TPSA) is 101 Å². The lowest BCUT2D eigenvalue weighted by molar-refractivity contribution is -0.387. The lowest BCUT2D eigenvalue weighted by Crippen LogP contribution is -2.27. The average Bonchev–Trinajstić information content (AvgIpc) is 2.91. The molecule has 1 fully saturated rings. The van der Waals surface area contributed by atoms with Crippen LogP contribution in [0.25, 0.3) is 0 Å². The highest BCUT2D eigenvalue weighted by Gasteiger charge is 2.26. The van der Waals surface area contributed by atoms with E-state index in [1.807, 2.05) is 0 Å². The van der Waals surface area contributed by atoms with Crippen LogP contribution in [0.2, 0.25) is 5.02 Å². The van der Waals surface area contributed by atoms with Crippen LogP contribution in [-0.4, -0.2) is 33.0 Å². The summed E-state index contributed by atoms with van der Waals surface area (Å²) in [7, 11) is -3.95. The zero-order chi connectivity index (χ0) is 15.5. The minimum absolute atomic E-state index is 0. The number of nitro groups is 1. The van der Waals surface area contributed by atoms with Crippen molar-refractivity contribution in [1.29, 1.82) is 0 Å². The summed E-state index contributed by atoms with van der Waals surface area (Å²) in [5.74, 6) is 0.432. The van der Waals surface area contributed by atoms with Gasteiger partial charge in [-0.2, -0.15) is 0 Å². The number of halogens is 2. The highest BCUT2D eigenvalue weighted by molar-refractivity contribution is 7.89. The Labute approximate surface area is 140 Å². The predicted molar refractivity (Wildman–Crippen MR) is 86.1 cm³/mol. The van der Waals surface area contributed by atoms with Crippen LogP contribution in [0.4, 0.5) is 5.69 Å². The molecule has 0 aromatic heterocycles. The smallest absolute Gasteiger partial charge is 0.289 e. The van der Waals surface area contributed by atoms with E-state index in [2.05, 4.69) is 10.0 Å². The van der Waals surface area contributed by atoms with E-state index in [0.717, 1.165) is 31.6 Å². The molecule has 0 radical (unpaired) electrons. The van der Waals surface area contributed by atoms with Gasteiger partial charge < -0.3 is 5.32 Å². The van der Waals surface area contributed by atoms with E-state index in [-0.39, 0.29) is 24.0 Å². The second-order valence-corrected chi connectivity index (χ2v) is 7.09. The maximum Gasteiger partial charge on any atom is 0.289 e. The number of sulfonamides is 1. The second kappa shape index (κ2) is 8.07. The van der Waals surface area contributed by atoms with E-state index >= 15 is 0 Å². The van der Waals surface area contributed by atoms with Gasteiger partial charge >= 0.3 is 0 Å². The standard InChI is InChI=1S/C12H16ClN3O4S.ClH/c13-10-1-2-11(16(17)18)12(7-10)21(19,20)15-6-4-9-3-5-14-8-9;/h1-2,7,9,14-15H,3-6,8H2;1H. The lowest BCUT2D eigenvalue weighted by Gasteiger charge is -2.10. The summed E-state index contributed by atoms with van der Waals surface area (Å²) >= 11 is 5.74. The van der Waals surface area contributed by atoms with Crippen LogP contribution in [0, 0.1) is 16.0 Å². The van der Waals surface area contributed by atoms with Gasteiger partial charge in [-0.05, 0) is 44.0 Å². The molecule has 1 heterocycles. The lowest BCUT2D eigenvalue weighted by atomic mass is 10.1. The molecule has 0 bridgehead atoms. The van der Waals surface area contributed by atoms with Crippen molar-refractivity contribution in [3.63, 3.8) is 0 Å². The molecule has 1 aliphatic heterocycles. The molecule has 1 unspecified atom stereocenters. The van der Waals surface area contributed by atoms with Gasteiger partial charge in [0.15, 0.2) is 4.90 Å². The van der Waals surface area contributed by atoms with Gasteiger partial charge in [0.05, 0.1) is 4.92 Å². The highest BCUT2D eigenvalue weighted by Crippen LogP contribution is 2.26. The largest absolute Gasteiger partial charge is 0.316 e. The van der Waals surface area contributed by atoms with Crippen molar-refractivity contribution in [3.05, 3.63) is 33.3 Å². The van der Waals surface area contributed by atoms with Crippen molar-refractivity contribution in [2.45, 2.75) is 17.7 Å². The average molecular weight is 370 g/mol. The zero-order valence-electron chi connectivity index (χ0n) is 11.6. The summed E-state index contributed by atoms with van der Waals surface area (Å²) in [4.78, 5) is 9.80. The molecule has 0 spiro atoms. The van der Waals surface area contributed by atoms with Gasteiger partial charge in [-0.3, -0.25) is 10.1 Å². The summed E-state index contributed by atoms with van der Waals surface area (Å²) in [6.45, 7) is 2.06. The van der Waals surface area contributed by atoms with Crippen molar-refractivity contribution in [3.8, 4) is 0 Å². The van der Waals surface area contributed by atoms with Crippen molar-refractivity contribution >= 4 is 39.7 Å². The first-order chi connectivity index (χ1) is 9.90. The number of nitrogens with one attached hydrogen (secondary N) is 2. The Morgan fingerprint density at radius 3 is 2.77 bits per heavy atom. The van der Waals surface area contributed by atoms with Gasteiger partial charge in [-0.15, -0.1) is 12.4 Å². The van der Waals surface area contributed by atoms with E-state index in [1.165, 1.54) is 6.07 Å². The SMILES string of the molecule is Cl.O=[N+]([O-])c1ccc(Cl)cc1S(=O)(=O)NCCC1CCNC1. The molecule has 0 amide bonds. The first kappa shape index (κ1) is 19.1. The number of hydrogen-bond donors (Lipinski definition) is 2. The number of rotatable bonds is 6. The van der Waals surface area contributed by atoms with Crippen molar-refractivity contribution in [2.75, 3.05) is 19.6 Å². The van der Waals surface area contributed by atoms with Gasteiger partial charge in [0.2, 0.25) is 10.0 Å². The molecular weight excluding hydrogens is 353 g/mol. The summed E-state index contributed by atoms with van der Waals surface area (Å²) in [5, 5.41) is 14.3. The normalized spacial score (nSPS) is 18.0. The number of nitrogens with zero attached hydrogens (tertiary/aromatic N) is 1. The van der Waals surface area contributed by atoms with Gasteiger partial charge in [-0.25, -0.2) is 13.1 Å². The fourth-order valence-corrected chi connectivity index (χ4v) is 3.77. The van der Waals surface area contributed by atoms with Crippen LogP contribution in [0.15, 0.2) is 23.1 Å². The molecule has 1 saturated heterocycles. The van der Waals surface area contributed by atoms with Crippen LogP contribution in [-0.2, 0) is 10.0 Å². The van der Waals surface area contributed by atoms with Crippen molar-refractivity contribution in [2.24, 2.45) is 5.92 Å². The summed E-state index contributed by atoms with van der Waals surface area (Å²) < 4.78 is 26.8. The van der Waals surface area contributed by atoms with Crippen LogP contribution >= 0.6 is 24.0 Å². The Morgan fingerprint density at radius 2 is 2.18 bits per heavy atom. The minimum atomic E-state index is -3.95. The summed E-state index contributed by atoms with van der Waals surface area (Å²) in [6, 6.07) is 3.49. The fraction of sp³-hybridized carbons (Fsp3) is 0.500. The van der Waals surface area contributed by atoms with Crippen LogP contribution in [0.3, 0.4) is 0 Å². The Bertz CT molecular complexity index is 633. The van der Waals surface area contributed by atoms with Gasteiger partial charge in [0, 0.05) is 17.6 Å². The number of hydrogen-bond acceptors (Lipinski definition) is 5. The Balaban J connectivity index is 0.00000242.